The molecule has 1 heteroatoms. The highest BCUT2D eigenvalue weighted by atomic mass is 16.3. The Morgan fingerprint density at radius 1 is 1.27 bits per heavy atom. The van der Waals surface area contributed by atoms with Crippen molar-refractivity contribution in [1.29, 1.82) is 0 Å². The van der Waals surface area contributed by atoms with Gasteiger partial charge >= 0.3 is 0 Å². The minimum Gasteiger partial charge on any atom is -0.508 e. The first-order valence-electron chi connectivity index (χ1n) is 5.69. The molecule has 0 spiro atoms. The number of benzene rings is 1. The summed E-state index contributed by atoms with van der Waals surface area (Å²) >= 11 is 0. The first-order valence-corrected chi connectivity index (χ1v) is 5.69. The maximum Gasteiger partial charge on any atom is 0.119 e. The van der Waals surface area contributed by atoms with Crippen molar-refractivity contribution in [2.24, 2.45) is 0 Å². The molecule has 1 aromatic rings. The second-order valence-corrected chi connectivity index (χ2v) is 5.33. The van der Waals surface area contributed by atoms with Crippen LogP contribution in [0.5, 0.6) is 5.75 Å². The van der Waals surface area contributed by atoms with Crippen LogP contribution in [0.15, 0.2) is 18.2 Å². The van der Waals surface area contributed by atoms with Gasteiger partial charge in [0, 0.05) is 0 Å². The summed E-state index contributed by atoms with van der Waals surface area (Å²) in [5, 5.41) is 9.80. The summed E-state index contributed by atoms with van der Waals surface area (Å²) in [4.78, 5) is 0. The number of hydrogen-bond acceptors (Lipinski definition) is 1. The van der Waals surface area contributed by atoms with Gasteiger partial charge in [0.25, 0.3) is 0 Å². The van der Waals surface area contributed by atoms with Crippen molar-refractivity contribution in [1.82, 2.24) is 0 Å². The van der Waals surface area contributed by atoms with E-state index in [1.54, 1.807) is 0 Å². The third-order valence-corrected chi connectivity index (χ3v) is 3.04. The van der Waals surface area contributed by atoms with Crippen molar-refractivity contribution in [3.63, 3.8) is 0 Å². The molecule has 1 N–H and O–H groups in total. The van der Waals surface area contributed by atoms with E-state index in [9.17, 15) is 5.11 Å². The molecule has 0 saturated carbocycles. The van der Waals surface area contributed by atoms with Crippen LogP contribution in [0, 0.1) is 0 Å². The molecule has 15 heavy (non-hydrogen) atoms. The third-order valence-electron chi connectivity index (χ3n) is 3.04. The van der Waals surface area contributed by atoms with Crippen LogP contribution in [0.2, 0.25) is 0 Å². The van der Waals surface area contributed by atoms with Gasteiger partial charge in [0.05, 0.1) is 0 Å². The molecule has 1 nitrogen and oxygen atoms in total. The quantitative estimate of drug-likeness (QED) is 0.768. The Morgan fingerprint density at radius 2 is 1.87 bits per heavy atom. The molecular formula is C14H22O. The van der Waals surface area contributed by atoms with Crippen LogP contribution in [-0.2, 0) is 5.41 Å². The summed E-state index contributed by atoms with van der Waals surface area (Å²) in [7, 11) is 0. The molecule has 0 bridgehead atoms. The van der Waals surface area contributed by atoms with Gasteiger partial charge < -0.3 is 5.11 Å². The van der Waals surface area contributed by atoms with Crippen LogP contribution >= 0.6 is 0 Å². The van der Waals surface area contributed by atoms with Gasteiger partial charge in [0.2, 0.25) is 0 Å². The fourth-order valence-electron chi connectivity index (χ4n) is 1.64. The Balaban J connectivity index is 3.17. The van der Waals surface area contributed by atoms with E-state index >= 15 is 0 Å². The molecule has 1 rings (SSSR count). The van der Waals surface area contributed by atoms with E-state index in [4.69, 9.17) is 0 Å². The lowest BCUT2D eigenvalue weighted by Crippen LogP contribution is -2.11. The molecule has 0 unspecified atom stereocenters. The SMILES string of the molecule is CC[C@@H](C)c1cc(C(C)(C)C)ccc1O. The van der Waals surface area contributed by atoms with Gasteiger partial charge in [-0.3, -0.25) is 0 Å². The van der Waals surface area contributed by atoms with Gasteiger partial charge in [0.15, 0.2) is 0 Å². The molecule has 0 aromatic heterocycles. The number of rotatable bonds is 2. The standard InChI is InChI=1S/C14H22O/c1-6-10(2)12-9-11(14(3,4)5)7-8-13(12)15/h7-10,15H,6H2,1-5H3/t10-/m1/s1. The van der Waals surface area contributed by atoms with Crippen molar-refractivity contribution < 1.29 is 5.11 Å². The molecule has 0 aliphatic rings. The number of phenols is 1. The molecule has 1 aromatic carbocycles. The van der Waals surface area contributed by atoms with Gasteiger partial charge in [-0.05, 0) is 34.9 Å². The van der Waals surface area contributed by atoms with Gasteiger partial charge in [-0.1, -0.05) is 46.8 Å². The highest BCUT2D eigenvalue weighted by molar-refractivity contribution is 5.40. The molecule has 0 fully saturated rings. The second kappa shape index (κ2) is 4.26. The zero-order valence-corrected chi connectivity index (χ0v) is 10.5. The topological polar surface area (TPSA) is 20.2 Å². The van der Waals surface area contributed by atoms with Crippen molar-refractivity contribution in [2.75, 3.05) is 0 Å². The largest absolute Gasteiger partial charge is 0.508 e. The zero-order chi connectivity index (χ0) is 11.6. The van der Waals surface area contributed by atoms with Crippen LogP contribution in [0.3, 0.4) is 0 Å². The van der Waals surface area contributed by atoms with Gasteiger partial charge in [-0.15, -0.1) is 0 Å². The molecular weight excluding hydrogens is 184 g/mol. The van der Waals surface area contributed by atoms with E-state index in [0.29, 0.717) is 11.7 Å². The van der Waals surface area contributed by atoms with Gasteiger partial charge in [0.1, 0.15) is 5.75 Å². The number of phenolic OH excluding ortho intramolecular Hbond substituents is 1. The molecule has 84 valence electrons. The predicted octanol–water partition coefficient (Wildman–Crippen LogP) is 4.20. The molecule has 1 atom stereocenters. The van der Waals surface area contributed by atoms with E-state index < -0.39 is 0 Å². The summed E-state index contributed by atoms with van der Waals surface area (Å²) in [6.07, 6.45) is 1.06. The highest BCUT2D eigenvalue weighted by Crippen LogP contribution is 2.32. The Bertz CT molecular complexity index is 334. The maximum absolute atomic E-state index is 9.80. The molecule has 0 amide bonds. The summed E-state index contributed by atoms with van der Waals surface area (Å²) in [5.74, 6) is 0.852. The summed E-state index contributed by atoms with van der Waals surface area (Å²) < 4.78 is 0. The van der Waals surface area contributed by atoms with Crippen LogP contribution < -0.4 is 0 Å². The van der Waals surface area contributed by atoms with Crippen molar-refractivity contribution in [3.8, 4) is 5.75 Å². The van der Waals surface area contributed by atoms with Crippen LogP contribution in [0.1, 0.15) is 58.1 Å². The summed E-state index contributed by atoms with van der Waals surface area (Å²) in [5.41, 5.74) is 2.51. The minimum absolute atomic E-state index is 0.149. The first-order chi connectivity index (χ1) is 6.86. The normalized spacial score (nSPS) is 13.9. The van der Waals surface area contributed by atoms with E-state index in [1.165, 1.54) is 5.56 Å². The van der Waals surface area contributed by atoms with Crippen LogP contribution in [0.25, 0.3) is 0 Å². The Kier molecular flexibility index (Phi) is 3.43. The molecule has 0 aliphatic heterocycles. The summed E-state index contributed by atoms with van der Waals surface area (Å²) in [6.45, 7) is 10.9. The lowest BCUT2D eigenvalue weighted by Gasteiger charge is -2.21. The Labute approximate surface area is 93.1 Å². The van der Waals surface area contributed by atoms with Gasteiger partial charge in [-0.25, -0.2) is 0 Å². The fourth-order valence-corrected chi connectivity index (χ4v) is 1.64. The Hall–Kier alpha value is -0.980. The van der Waals surface area contributed by atoms with Crippen LogP contribution in [0.4, 0.5) is 0 Å². The molecule has 0 saturated heterocycles. The number of aromatic hydroxyl groups is 1. The second-order valence-electron chi connectivity index (χ2n) is 5.33. The highest BCUT2D eigenvalue weighted by Gasteiger charge is 2.17. The van der Waals surface area contributed by atoms with Crippen molar-refractivity contribution >= 4 is 0 Å². The van der Waals surface area contributed by atoms with E-state index in [1.807, 2.05) is 12.1 Å². The number of hydrogen-bond donors (Lipinski definition) is 1. The van der Waals surface area contributed by atoms with E-state index in [-0.39, 0.29) is 5.41 Å². The molecule has 0 radical (unpaired) electrons. The lowest BCUT2D eigenvalue weighted by atomic mass is 9.84. The van der Waals surface area contributed by atoms with Crippen molar-refractivity contribution in [3.05, 3.63) is 29.3 Å². The average Bonchev–Trinajstić information content (AvgIpc) is 2.15. The van der Waals surface area contributed by atoms with Crippen LogP contribution in [-0.4, -0.2) is 5.11 Å². The third kappa shape index (κ3) is 2.74. The Morgan fingerprint density at radius 3 is 2.33 bits per heavy atom. The maximum atomic E-state index is 9.80. The minimum atomic E-state index is 0.149. The molecule has 0 aliphatic carbocycles. The lowest BCUT2D eigenvalue weighted by molar-refractivity contribution is 0.460. The monoisotopic (exact) mass is 206 g/mol. The summed E-state index contributed by atoms with van der Waals surface area (Å²) in [6, 6.07) is 5.98. The van der Waals surface area contributed by atoms with E-state index in [0.717, 1.165) is 12.0 Å². The molecule has 0 heterocycles. The van der Waals surface area contributed by atoms with Gasteiger partial charge in [-0.2, -0.15) is 0 Å². The van der Waals surface area contributed by atoms with E-state index in [2.05, 4.69) is 40.7 Å². The average molecular weight is 206 g/mol. The zero-order valence-electron chi connectivity index (χ0n) is 10.5. The fraction of sp³-hybridized carbons (Fsp3) is 0.571. The first kappa shape index (κ1) is 12.1. The van der Waals surface area contributed by atoms with Crippen molar-refractivity contribution in [2.45, 2.75) is 52.4 Å². The predicted molar refractivity (Wildman–Crippen MR) is 65.5 cm³/mol. The smallest absolute Gasteiger partial charge is 0.119 e.